The third kappa shape index (κ3) is 2.01. The van der Waals surface area contributed by atoms with Gasteiger partial charge in [0, 0.05) is 23.7 Å². The molecule has 0 fully saturated rings. The molecule has 2 aromatic rings. The molecule has 0 saturated carbocycles. The highest BCUT2D eigenvalue weighted by atomic mass is 19.3. The number of ether oxygens (including phenoxy) is 1. The van der Waals surface area contributed by atoms with Crippen molar-refractivity contribution in [3.8, 4) is 5.75 Å². The van der Waals surface area contributed by atoms with Gasteiger partial charge in [0.2, 0.25) is 0 Å². The molecule has 0 unspecified atom stereocenters. The molecule has 0 N–H and O–H groups in total. The van der Waals surface area contributed by atoms with E-state index >= 15 is 0 Å². The molecule has 0 radical (unpaired) electrons. The molecule has 1 heterocycles. The summed E-state index contributed by atoms with van der Waals surface area (Å²) in [5.41, 5.74) is 0.285. The fourth-order valence-electron chi connectivity index (χ4n) is 1.31. The van der Waals surface area contributed by atoms with Gasteiger partial charge < -0.3 is 4.74 Å². The molecule has 0 amide bonds. The van der Waals surface area contributed by atoms with Crippen LogP contribution in [-0.2, 0) is 0 Å². The second kappa shape index (κ2) is 3.76. The topological polar surface area (TPSA) is 22.1 Å². The fraction of sp³-hybridized carbons (Fsp3) is 0.100. The molecule has 78 valence electrons. The minimum Gasteiger partial charge on any atom is -0.434 e. The number of fused-ring (bicyclic) bond motifs is 1. The molecule has 0 bridgehead atoms. The molecule has 0 aliphatic heterocycles. The summed E-state index contributed by atoms with van der Waals surface area (Å²) in [5.74, 6) is -0.857. The first-order valence-corrected chi connectivity index (χ1v) is 4.16. The van der Waals surface area contributed by atoms with Crippen LogP contribution < -0.4 is 4.74 Å². The summed E-state index contributed by atoms with van der Waals surface area (Å²) < 4.78 is 41.2. The van der Waals surface area contributed by atoms with Crippen LogP contribution in [0.2, 0.25) is 0 Å². The largest absolute Gasteiger partial charge is 0.434 e. The predicted octanol–water partition coefficient (Wildman–Crippen LogP) is 2.98. The van der Waals surface area contributed by atoms with Crippen LogP contribution in [0.5, 0.6) is 5.75 Å². The first-order chi connectivity index (χ1) is 7.16. The molecule has 2 nitrogen and oxygen atoms in total. The van der Waals surface area contributed by atoms with E-state index in [1.165, 1.54) is 6.20 Å². The Labute approximate surface area is 83.3 Å². The van der Waals surface area contributed by atoms with Gasteiger partial charge in [-0.3, -0.25) is 4.98 Å². The van der Waals surface area contributed by atoms with Crippen LogP contribution >= 0.6 is 0 Å². The van der Waals surface area contributed by atoms with Crippen LogP contribution in [0.15, 0.2) is 30.5 Å². The van der Waals surface area contributed by atoms with E-state index in [0.717, 1.165) is 12.1 Å². The van der Waals surface area contributed by atoms with E-state index in [1.807, 2.05) is 0 Å². The second-order valence-corrected chi connectivity index (χ2v) is 2.85. The van der Waals surface area contributed by atoms with Crippen LogP contribution in [0.4, 0.5) is 13.2 Å². The summed E-state index contributed by atoms with van der Waals surface area (Å²) in [6.07, 6.45) is 1.45. The lowest BCUT2D eigenvalue weighted by molar-refractivity contribution is -0.0489. The molecule has 0 atom stereocenters. The lowest BCUT2D eigenvalue weighted by Crippen LogP contribution is -2.02. The van der Waals surface area contributed by atoms with Crippen molar-refractivity contribution in [3.63, 3.8) is 0 Å². The molecule has 15 heavy (non-hydrogen) atoms. The van der Waals surface area contributed by atoms with Crippen molar-refractivity contribution in [1.29, 1.82) is 0 Å². The minimum absolute atomic E-state index is 0.201. The van der Waals surface area contributed by atoms with E-state index in [1.54, 1.807) is 12.1 Å². The molecule has 0 aliphatic rings. The summed E-state index contributed by atoms with van der Waals surface area (Å²) in [4.78, 5) is 3.85. The monoisotopic (exact) mass is 213 g/mol. The fourth-order valence-corrected chi connectivity index (χ4v) is 1.31. The lowest BCUT2D eigenvalue weighted by atomic mass is 10.2. The van der Waals surface area contributed by atoms with Gasteiger partial charge in [-0.2, -0.15) is 8.78 Å². The third-order valence-corrected chi connectivity index (χ3v) is 1.86. The number of rotatable bonds is 2. The Morgan fingerprint density at radius 2 is 2.07 bits per heavy atom. The normalized spacial score (nSPS) is 10.9. The van der Waals surface area contributed by atoms with Gasteiger partial charge >= 0.3 is 6.61 Å². The maximum Gasteiger partial charge on any atom is 0.387 e. The Kier molecular flexibility index (Phi) is 2.45. The molecule has 0 aliphatic carbocycles. The van der Waals surface area contributed by atoms with E-state index in [9.17, 15) is 13.2 Å². The average Bonchev–Trinajstić information content (AvgIpc) is 2.16. The van der Waals surface area contributed by atoms with Crippen molar-refractivity contribution < 1.29 is 17.9 Å². The van der Waals surface area contributed by atoms with Crippen LogP contribution in [0.3, 0.4) is 0 Å². The Balaban J connectivity index is 2.60. The first kappa shape index (κ1) is 9.76. The Bertz CT molecular complexity index is 487. The van der Waals surface area contributed by atoms with Crippen LogP contribution in [0.25, 0.3) is 10.9 Å². The molecule has 1 aromatic heterocycles. The first-order valence-electron chi connectivity index (χ1n) is 4.16. The summed E-state index contributed by atoms with van der Waals surface area (Å²) in [6, 6.07) is 5.18. The molecule has 0 saturated heterocycles. The zero-order valence-electron chi connectivity index (χ0n) is 7.45. The maximum atomic E-state index is 13.0. The van der Waals surface area contributed by atoms with E-state index in [-0.39, 0.29) is 11.3 Å². The van der Waals surface area contributed by atoms with Gasteiger partial charge in [0.05, 0.1) is 5.52 Å². The third-order valence-electron chi connectivity index (χ3n) is 1.86. The average molecular weight is 213 g/mol. The van der Waals surface area contributed by atoms with Crippen molar-refractivity contribution in [2.24, 2.45) is 0 Å². The van der Waals surface area contributed by atoms with Gasteiger partial charge in [0.1, 0.15) is 11.6 Å². The predicted molar refractivity (Wildman–Crippen MR) is 48.3 cm³/mol. The highest BCUT2D eigenvalue weighted by molar-refractivity contribution is 5.84. The van der Waals surface area contributed by atoms with Crippen LogP contribution in [-0.4, -0.2) is 11.6 Å². The van der Waals surface area contributed by atoms with E-state index in [4.69, 9.17) is 0 Å². The number of aromatic nitrogens is 1. The van der Waals surface area contributed by atoms with E-state index < -0.39 is 12.4 Å². The van der Waals surface area contributed by atoms with Gasteiger partial charge in [-0.15, -0.1) is 0 Å². The number of nitrogens with zero attached hydrogens (tertiary/aromatic N) is 1. The number of benzene rings is 1. The highest BCUT2D eigenvalue weighted by Gasteiger charge is 2.10. The molecule has 0 spiro atoms. The Morgan fingerprint density at radius 1 is 1.27 bits per heavy atom. The molecule has 2 rings (SSSR count). The Morgan fingerprint density at radius 3 is 2.80 bits per heavy atom. The smallest absolute Gasteiger partial charge is 0.387 e. The van der Waals surface area contributed by atoms with Crippen molar-refractivity contribution in [3.05, 3.63) is 36.3 Å². The zero-order valence-corrected chi connectivity index (χ0v) is 7.45. The summed E-state index contributed by atoms with van der Waals surface area (Å²) >= 11 is 0. The number of hydrogen-bond donors (Lipinski definition) is 0. The van der Waals surface area contributed by atoms with Crippen molar-refractivity contribution in [1.82, 2.24) is 4.98 Å². The highest BCUT2D eigenvalue weighted by Crippen LogP contribution is 2.26. The number of pyridine rings is 1. The number of halogens is 3. The zero-order chi connectivity index (χ0) is 10.8. The minimum atomic E-state index is -2.98. The standard InChI is InChI=1S/C10H6F3NO/c11-6-4-8-7(2-1-3-14-8)9(5-6)15-10(12)13/h1-5,10H. The van der Waals surface area contributed by atoms with E-state index in [0.29, 0.717) is 5.39 Å². The Hall–Kier alpha value is -1.78. The van der Waals surface area contributed by atoms with Crippen LogP contribution in [0, 0.1) is 5.82 Å². The molecule has 5 heteroatoms. The maximum absolute atomic E-state index is 13.0. The number of alkyl halides is 2. The number of hydrogen-bond acceptors (Lipinski definition) is 2. The summed E-state index contributed by atoms with van der Waals surface area (Å²) in [5, 5.41) is 0.360. The molecule has 1 aromatic carbocycles. The van der Waals surface area contributed by atoms with Gasteiger partial charge in [0.25, 0.3) is 0 Å². The van der Waals surface area contributed by atoms with E-state index in [2.05, 4.69) is 9.72 Å². The summed E-state index contributed by atoms with van der Waals surface area (Å²) in [7, 11) is 0. The van der Waals surface area contributed by atoms with Gasteiger partial charge in [0.15, 0.2) is 0 Å². The molecular formula is C10H6F3NO. The van der Waals surface area contributed by atoms with Crippen LogP contribution in [0.1, 0.15) is 0 Å². The van der Waals surface area contributed by atoms with Gasteiger partial charge in [-0.25, -0.2) is 4.39 Å². The lowest BCUT2D eigenvalue weighted by Gasteiger charge is -2.07. The quantitative estimate of drug-likeness (QED) is 0.765. The second-order valence-electron chi connectivity index (χ2n) is 2.85. The van der Waals surface area contributed by atoms with Crippen molar-refractivity contribution >= 4 is 10.9 Å². The van der Waals surface area contributed by atoms with Gasteiger partial charge in [-0.1, -0.05) is 0 Å². The SMILES string of the molecule is Fc1cc(OC(F)F)c2cccnc2c1. The van der Waals surface area contributed by atoms with Crippen molar-refractivity contribution in [2.45, 2.75) is 6.61 Å². The van der Waals surface area contributed by atoms with Gasteiger partial charge in [-0.05, 0) is 12.1 Å². The van der Waals surface area contributed by atoms with Crippen molar-refractivity contribution in [2.75, 3.05) is 0 Å². The summed E-state index contributed by atoms with van der Waals surface area (Å²) in [6.45, 7) is -2.98. The molecular weight excluding hydrogens is 207 g/mol.